The molecule has 0 N–H and O–H groups in total. The number of carbonyl (C=O) groups is 1. The van der Waals surface area contributed by atoms with Gasteiger partial charge in [-0.15, -0.1) is 0 Å². The van der Waals surface area contributed by atoms with E-state index in [2.05, 4.69) is 14.9 Å². The van der Waals surface area contributed by atoms with Crippen LogP contribution in [0.15, 0.2) is 24.5 Å². The molecule has 7 nitrogen and oxygen atoms in total. The van der Waals surface area contributed by atoms with Crippen molar-refractivity contribution in [2.24, 2.45) is 0 Å². The van der Waals surface area contributed by atoms with E-state index in [4.69, 9.17) is 14.2 Å². The number of methoxy groups -OCH3 is 2. The molecule has 0 aliphatic carbocycles. The summed E-state index contributed by atoms with van der Waals surface area (Å²) in [6.07, 6.45) is 3.45. The Labute approximate surface area is 158 Å². The summed E-state index contributed by atoms with van der Waals surface area (Å²) in [7, 11) is 3.14. The molecule has 1 aromatic carbocycles. The van der Waals surface area contributed by atoms with Crippen LogP contribution in [-0.4, -0.2) is 48.7 Å². The lowest BCUT2D eigenvalue weighted by Crippen LogP contribution is -2.51. The molecular formula is C20H23N3O4. The number of hydrogen-bond acceptors (Lipinski definition) is 7. The highest BCUT2D eigenvalue weighted by Crippen LogP contribution is 2.45. The third kappa shape index (κ3) is 3.18. The molecule has 2 aromatic rings. The minimum absolute atomic E-state index is 0.0575. The van der Waals surface area contributed by atoms with Crippen molar-refractivity contribution in [3.05, 3.63) is 35.8 Å². The molecule has 0 atom stereocenters. The molecule has 4 rings (SSSR count). The van der Waals surface area contributed by atoms with E-state index >= 15 is 0 Å². The van der Waals surface area contributed by atoms with E-state index in [1.54, 1.807) is 32.7 Å². The maximum absolute atomic E-state index is 12.9. The molecule has 2 aliphatic heterocycles. The molecule has 0 amide bonds. The van der Waals surface area contributed by atoms with Gasteiger partial charge in [0.2, 0.25) is 0 Å². The van der Waals surface area contributed by atoms with E-state index < -0.39 is 5.60 Å². The fourth-order valence-corrected chi connectivity index (χ4v) is 3.89. The SMILES string of the molecule is COc1cc(OC)c2c(c1)OC1(CCN(c3cc(C)ncn3)CC1)CC2=O. The monoisotopic (exact) mass is 369 g/mol. The first-order chi connectivity index (χ1) is 13.0. The number of carbonyl (C=O) groups excluding carboxylic acids is 1. The van der Waals surface area contributed by atoms with Gasteiger partial charge in [0.15, 0.2) is 5.78 Å². The van der Waals surface area contributed by atoms with Crippen molar-refractivity contribution in [1.82, 2.24) is 9.97 Å². The van der Waals surface area contributed by atoms with Gasteiger partial charge >= 0.3 is 0 Å². The molecule has 3 heterocycles. The van der Waals surface area contributed by atoms with E-state index in [-0.39, 0.29) is 5.78 Å². The van der Waals surface area contributed by atoms with Gasteiger partial charge in [0.25, 0.3) is 0 Å². The second-order valence-corrected chi connectivity index (χ2v) is 7.09. The zero-order valence-electron chi connectivity index (χ0n) is 15.8. The van der Waals surface area contributed by atoms with E-state index in [1.165, 1.54) is 0 Å². The minimum atomic E-state index is -0.486. The summed E-state index contributed by atoms with van der Waals surface area (Å²) in [5.74, 6) is 2.64. The van der Waals surface area contributed by atoms with Crippen LogP contribution in [0.4, 0.5) is 5.82 Å². The van der Waals surface area contributed by atoms with Crippen LogP contribution in [0.25, 0.3) is 0 Å². The van der Waals surface area contributed by atoms with Crippen molar-refractivity contribution in [3.63, 3.8) is 0 Å². The van der Waals surface area contributed by atoms with Crippen LogP contribution < -0.4 is 19.1 Å². The number of anilines is 1. The zero-order chi connectivity index (χ0) is 19.0. The predicted molar refractivity (Wildman–Crippen MR) is 100 cm³/mol. The molecule has 1 fully saturated rings. The summed E-state index contributed by atoms with van der Waals surface area (Å²) in [5, 5.41) is 0. The van der Waals surface area contributed by atoms with Gasteiger partial charge in [0, 0.05) is 49.8 Å². The molecule has 0 bridgehead atoms. The summed E-state index contributed by atoms with van der Waals surface area (Å²) in [4.78, 5) is 23.6. The number of hydrogen-bond donors (Lipinski definition) is 0. The average molecular weight is 369 g/mol. The largest absolute Gasteiger partial charge is 0.496 e. The highest BCUT2D eigenvalue weighted by molar-refractivity contribution is 6.03. The lowest BCUT2D eigenvalue weighted by Gasteiger charge is -2.44. The van der Waals surface area contributed by atoms with Gasteiger partial charge in [-0.1, -0.05) is 0 Å². The number of benzene rings is 1. The quantitative estimate of drug-likeness (QED) is 0.823. The molecule has 27 heavy (non-hydrogen) atoms. The van der Waals surface area contributed by atoms with E-state index in [0.29, 0.717) is 29.2 Å². The maximum atomic E-state index is 12.9. The number of ether oxygens (including phenoxy) is 3. The van der Waals surface area contributed by atoms with Gasteiger partial charge in [-0.3, -0.25) is 4.79 Å². The Bertz CT molecular complexity index is 876. The van der Waals surface area contributed by atoms with Crippen LogP contribution in [0.3, 0.4) is 0 Å². The Kier molecular flexibility index (Phi) is 4.37. The fraction of sp³-hybridized carbons (Fsp3) is 0.450. The Hall–Kier alpha value is -2.83. The molecule has 0 unspecified atom stereocenters. The second-order valence-electron chi connectivity index (χ2n) is 7.09. The Balaban J connectivity index is 1.58. The third-order valence-electron chi connectivity index (χ3n) is 5.37. The molecule has 1 aromatic heterocycles. The Morgan fingerprint density at radius 1 is 1.11 bits per heavy atom. The molecule has 0 radical (unpaired) electrons. The first-order valence-electron chi connectivity index (χ1n) is 9.05. The number of rotatable bonds is 3. The standard InChI is InChI=1S/C20H23N3O4/c1-13-8-18(22-12-21-13)23-6-4-20(5-7-23)11-15(24)19-16(26-3)9-14(25-2)10-17(19)27-20/h8-10,12H,4-7,11H2,1-3H3. The minimum Gasteiger partial charge on any atom is -0.496 e. The number of ketones is 1. The van der Waals surface area contributed by atoms with Crippen molar-refractivity contribution in [3.8, 4) is 17.2 Å². The van der Waals surface area contributed by atoms with Gasteiger partial charge in [0.05, 0.1) is 20.6 Å². The maximum Gasteiger partial charge on any atom is 0.174 e. The first kappa shape index (κ1) is 17.6. The number of piperidine rings is 1. The van der Waals surface area contributed by atoms with Gasteiger partial charge in [0.1, 0.15) is 40.6 Å². The fourth-order valence-electron chi connectivity index (χ4n) is 3.89. The molecule has 2 aliphatic rings. The number of fused-ring (bicyclic) bond motifs is 1. The summed E-state index contributed by atoms with van der Waals surface area (Å²) in [6.45, 7) is 3.51. The van der Waals surface area contributed by atoms with Crippen LogP contribution in [0.5, 0.6) is 17.2 Å². The number of aryl methyl sites for hydroxylation is 1. The van der Waals surface area contributed by atoms with Crippen molar-refractivity contribution >= 4 is 11.6 Å². The Morgan fingerprint density at radius 3 is 2.56 bits per heavy atom. The number of aromatic nitrogens is 2. The summed E-state index contributed by atoms with van der Waals surface area (Å²) < 4.78 is 17.1. The third-order valence-corrected chi connectivity index (χ3v) is 5.37. The topological polar surface area (TPSA) is 73.8 Å². The van der Waals surface area contributed by atoms with Gasteiger partial charge in [-0.25, -0.2) is 9.97 Å². The van der Waals surface area contributed by atoms with Crippen LogP contribution >= 0.6 is 0 Å². The van der Waals surface area contributed by atoms with Crippen LogP contribution in [0.1, 0.15) is 35.3 Å². The van der Waals surface area contributed by atoms with E-state index in [9.17, 15) is 4.79 Å². The van der Waals surface area contributed by atoms with Crippen LogP contribution in [-0.2, 0) is 0 Å². The van der Waals surface area contributed by atoms with Gasteiger partial charge in [-0.05, 0) is 6.92 Å². The second kappa shape index (κ2) is 6.72. The lowest BCUT2D eigenvalue weighted by atomic mass is 9.82. The normalized spacial score (nSPS) is 18.0. The van der Waals surface area contributed by atoms with E-state index in [1.807, 2.05) is 13.0 Å². The highest BCUT2D eigenvalue weighted by Gasteiger charge is 2.44. The van der Waals surface area contributed by atoms with Crippen molar-refractivity contribution in [2.75, 3.05) is 32.2 Å². The van der Waals surface area contributed by atoms with Crippen molar-refractivity contribution in [2.45, 2.75) is 31.8 Å². The molecule has 142 valence electrons. The molecule has 0 saturated carbocycles. The highest BCUT2D eigenvalue weighted by atomic mass is 16.5. The van der Waals surface area contributed by atoms with Gasteiger partial charge < -0.3 is 19.1 Å². The van der Waals surface area contributed by atoms with Crippen LogP contribution in [0, 0.1) is 6.92 Å². The molecule has 1 spiro atoms. The Morgan fingerprint density at radius 2 is 1.89 bits per heavy atom. The summed E-state index contributed by atoms with van der Waals surface area (Å²) >= 11 is 0. The molecular weight excluding hydrogens is 346 g/mol. The predicted octanol–water partition coefficient (Wildman–Crippen LogP) is 2.81. The smallest absolute Gasteiger partial charge is 0.174 e. The van der Waals surface area contributed by atoms with Crippen LogP contribution in [0.2, 0.25) is 0 Å². The van der Waals surface area contributed by atoms with E-state index in [0.717, 1.165) is 37.4 Å². The average Bonchev–Trinajstić information content (AvgIpc) is 2.67. The first-order valence-corrected chi connectivity index (χ1v) is 9.05. The zero-order valence-corrected chi connectivity index (χ0v) is 15.8. The van der Waals surface area contributed by atoms with Crippen molar-refractivity contribution < 1.29 is 19.0 Å². The number of Topliss-reactive ketones (excluding diaryl/α,β-unsaturated/α-hetero) is 1. The summed E-state index contributed by atoms with van der Waals surface area (Å²) in [5.41, 5.74) is 0.968. The molecule has 7 heteroatoms. The lowest BCUT2D eigenvalue weighted by molar-refractivity contribution is 0.0225. The summed E-state index contributed by atoms with van der Waals surface area (Å²) in [6, 6.07) is 5.48. The number of nitrogens with zero attached hydrogens (tertiary/aromatic N) is 3. The van der Waals surface area contributed by atoms with Crippen molar-refractivity contribution in [1.29, 1.82) is 0 Å². The van der Waals surface area contributed by atoms with Gasteiger partial charge in [-0.2, -0.15) is 0 Å². The molecule has 1 saturated heterocycles.